The number of aliphatic carboxylic acids is 1. The maximum Gasteiger partial charge on any atom is 0.348 e. The molecule has 2 rings (SSSR count). The summed E-state index contributed by atoms with van der Waals surface area (Å²) < 4.78 is 10.8. The Morgan fingerprint density at radius 3 is 2.63 bits per heavy atom. The highest BCUT2D eigenvalue weighted by atomic mass is 35.5. The van der Waals surface area contributed by atoms with Crippen LogP contribution in [-0.4, -0.2) is 23.2 Å². The van der Waals surface area contributed by atoms with E-state index in [-0.39, 0.29) is 17.4 Å². The van der Waals surface area contributed by atoms with Crippen molar-refractivity contribution in [3.05, 3.63) is 62.0 Å². The quantitative estimate of drug-likeness (QED) is 0.362. The van der Waals surface area contributed by atoms with E-state index >= 15 is 0 Å². The number of hydrogen-bond acceptors (Lipinski definition) is 5. The lowest BCUT2D eigenvalue weighted by Gasteiger charge is -2.06. The Balaban J connectivity index is 1.93. The van der Waals surface area contributed by atoms with Crippen molar-refractivity contribution in [3.8, 4) is 5.75 Å². The zero-order valence-electron chi connectivity index (χ0n) is 13.2. The van der Waals surface area contributed by atoms with E-state index in [1.165, 1.54) is 18.2 Å². The number of carbonyl (C=O) groups excluding carboxylic acids is 1. The van der Waals surface area contributed by atoms with E-state index < -0.39 is 16.9 Å². The topological polar surface area (TPSA) is 101 Å². The number of nitrogens with zero attached hydrogens (tertiary/aromatic N) is 1. The molecule has 2 N–H and O–H groups in total. The first-order chi connectivity index (χ1) is 12.8. The Morgan fingerprint density at radius 1 is 1.22 bits per heavy atom. The van der Waals surface area contributed by atoms with Crippen LogP contribution in [-0.2, 0) is 11.4 Å². The van der Waals surface area contributed by atoms with E-state index in [0.29, 0.717) is 21.6 Å². The lowest BCUT2D eigenvalue weighted by Crippen LogP contribution is -2.16. The summed E-state index contributed by atoms with van der Waals surface area (Å²) in [6.45, 7) is 0.0285. The molecule has 11 heteroatoms. The molecule has 0 bridgehead atoms. The van der Waals surface area contributed by atoms with E-state index in [1.807, 2.05) is 0 Å². The number of benzene rings is 1. The molecule has 0 fully saturated rings. The number of nitrogens with one attached hydrogen (secondary N) is 1. The highest BCUT2D eigenvalue weighted by Gasteiger charge is 2.12. The molecule has 0 aliphatic heterocycles. The van der Waals surface area contributed by atoms with Crippen LogP contribution >= 0.6 is 46.4 Å². The Morgan fingerprint density at radius 2 is 1.96 bits per heavy atom. The van der Waals surface area contributed by atoms with Crippen LogP contribution in [0.25, 0.3) is 0 Å². The summed E-state index contributed by atoms with van der Waals surface area (Å²) in [7, 11) is 0. The van der Waals surface area contributed by atoms with Crippen molar-refractivity contribution in [2.75, 3.05) is 0 Å². The first-order valence-corrected chi connectivity index (χ1v) is 8.57. The Hall–Kier alpha value is -2.19. The van der Waals surface area contributed by atoms with Gasteiger partial charge in [-0.3, -0.25) is 4.79 Å². The number of carboxylic acids is 1. The Bertz CT molecular complexity index is 923. The van der Waals surface area contributed by atoms with Crippen molar-refractivity contribution in [2.45, 2.75) is 6.61 Å². The Kier molecular flexibility index (Phi) is 7.55. The third-order valence-electron chi connectivity index (χ3n) is 2.89. The number of ether oxygens (including phenoxy) is 1. The van der Waals surface area contributed by atoms with Crippen LogP contribution in [0.2, 0.25) is 10.0 Å². The molecule has 0 aliphatic carbocycles. The van der Waals surface area contributed by atoms with E-state index in [4.69, 9.17) is 60.7 Å². The molecule has 1 heterocycles. The molecule has 0 radical (unpaired) electrons. The fraction of sp³-hybridized carbons (Fsp3) is 0.0625. The molecule has 0 spiro atoms. The Labute approximate surface area is 173 Å². The van der Waals surface area contributed by atoms with Gasteiger partial charge in [-0.15, -0.1) is 0 Å². The second kappa shape index (κ2) is 9.66. The summed E-state index contributed by atoms with van der Waals surface area (Å²) in [5.41, 5.74) is 2.12. The predicted octanol–water partition coefficient (Wildman–Crippen LogP) is 4.65. The van der Waals surface area contributed by atoms with Crippen LogP contribution in [0.15, 0.2) is 49.9 Å². The van der Waals surface area contributed by atoms with Gasteiger partial charge in [0, 0.05) is 5.02 Å². The summed E-state index contributed by atoms with van der Waals surface area (Å²) in [6.07, 6.45) is 0.880. The van der Waals surface area contributed by atoms with Gasteiger partial charge in [0.2, 0.25) is 0 Å². The number of allylic oxidation sites excluding steroid dienone is 1. The van der Waals surface area contributed by atoms with Crippen LogP contribution in [0.3, 0.4) is 0 Å². The van der Waals surface area contributed by atoms with Gasteiger partial charge < -0.3 is 14.3 Å². The number of rotatable bonds is 7. The smallest absolute Gasteiger partial charge is 0.348 e. The predicted molar refractivity (Wildman–Crippen MR) is 102 cm³/mol. The molecule has 142 valence electrons. The maximum absolute atomic E-state index is 11.9. The van der Waals surface area contributed by atoms with Gasteiger partial charge in [-0.05, 0) is 30.3 Å². The number of halogens is 4. The number of furan rings is 1. The van der Waals surface area contributed by atoms with Crippen LogP contribution in [0.1, 0.15) is 16.3 Å². The van der Waals surface area contributed by atoms with E-state index in [0.717, 1.165) is 6.21 Å². The molecule has 1 amide bonds. The highest BCUT2D eigenvalue weighted by molar-refractivity contribution is 6.51. The lowest BCUT2D eigenvalue weighted by atomic mass is 10.3. The minimum Gasteiger partial charge on any atom is -0.484 e. The number of carboxylic acid groups (broad SMARTS) is 1. The minimum absolute atomic E-state index is 0.0285. The second-order valence-electron chi connectivity index (χ2n) is 4.80. The first-order valence-electron chi connectivity index (χ1n) is 7.06. The van der Waals surface area contributed by atoms with E-state index in [1.54, 1.807) is 12.1 Å². The van der Waals surface area contributed by atoms with Gasteiger partial charge in [-0.2, -0.15) is 5.10 Å². The van der Waals surface area contributed by atoms with Crippen molar-refractivity contribution in [1.29, 1.82) is 0 Å². The lowest BCUT2D eigenvalue weighted by molar-refractivity contribution is -0.131. The van der Waals surface area contributed by atoms with E-state index in [2.05, 4.69) is 10.5 Å². The van der Waals surface area contributed by atoms with Crippen LogP contribution < -0.4 is 10.2 Å². The minimum atomic E-state index is -1.42. The fourth-order valence-corrected chi connectivity index (χ4v) is 2.32. The number of amides is 1. The first kappa shape index (κ1) is 21.1. The highest BCUT2D eigenvalue weighted by Crippen LogP contribution is 2.28. The molecule has 0 saturated heterocycles. The van der Waals surface area contributed by atoms with Gasteiger partial charge in [0.25, 0.3) is 0 Å². The fourth-order valence-electron chi connectivity index (χ4n) is 1.68. The normalized spacial score (nSPS) is 12.0. The summed E-state index contributed by atoms with van der Waals surface area (Å²) in [5, 5.41) is 12.0. The number of hydrogen-bond donors (Lipinski definition) is 2. The third kappa shape index (κ3) is 6.18. The van der Waals surface area contributed by atoms with Crippen molar-refractivity contribution >= 4 is 64.5 Å². The summed E-state index contributed by atoms with van der Waals surface area (Å²) in [4.78, 5) is 22.5. The molecule has 1 aromatic heterocycles. The largest absolute Gasteiger partial charge is 0.484 e. The average molecular weight is 452 g/mol. The summed E-state index contributed by atoms with van der Waals surface area (Å²) in [6, 6.07) is 7.71. The zero-order chi connectivity index (χ0) is 20.0. The van der Waals surface area contributed by atoms with Crippen LogP contribution in [0.4, 0.5) is 0 Å². The summed E-state index contributed by atoms with van der Waals surface area (Å²) in [5.74, 6) is -1.38. The number of hydrazone groups is 1. The third-order valence-corrected chi connectivity index (χ3v) is 4.17. The summed E-state index contributed by atoms with van der Waals surface area (Å²) >= 11 is 22.8. The molecule has 0 aliphatic rings. The molecule has 1 aromatic carbocycles. The van der Waals surface area contributed by atoms with E-state index in [9.17, 15) is 9.59 Å². The van der Waals surface area contributed by atoms with Gasteiger partial charge in [-0.25, -0.2) is 10.2 Å². The van der Waals surface area contributed by atoms with Crippen molar-refractivity contribution in [1.82, 2.24) is 5.43 Å². The van der Waals surface area contributed by atoms with Gasteiger partial charge in [0.1, 0.15) is 23.1 Å². The molecule has 0 unspecified atom stereocenters. The SMILES string of the molecule is O=C(O)/C(Cl)=C(Cl)/C=N/NC(=O)c1ccc(COc2ccc(Cl)cc2Cl)o1. The van der Waals surface area contributed by atoms with Crippen LogP contribution in [0.5, 0.6) is 5.75 Å². The van der Waals surface area contributed by atoms with Crippen LogP contribution in [0, 0.1) is 0 Å². The molecular weight excluding hydrogens is 442 g/mol. The standard InChI is InChI=1S/C16H10Cl4N2O5/c17-8-1-3-12(10(18)5-8)26-7-9-2-4-13(27-9)15(23)22-21-6-11(19)14(20)16(24)25/h1-6H,7H2,(H,22,23)(H,24,25)/b14-11+,21-6+. The monoisotopic (exact) mass is 450 g/mol. The zero-order valence-corrected chi connectivity index (χ0v) is 16.2. The number of carbonyl (C=O) groups is 2. The molecule has 27 heavy (non-hydrogen) atoms. The molecule has 7 nitrogen and oxygen atoms in total. The van der Waals surface area contributed by atoms with Crippen molar-refractivity contribution in [3.63, 3.8) is 0 Å². The maximum atomic E-state index is 11.9. The van der Waals surface area contributed by atoms with Crippen molar-refractivity contribution < 1.29 is 23.8 Å². The molecule has 0 saturated carbocycles. The molecule has 0 atom stereocenters. The van der Waals surface area contributed by atoms with Gasteiger partial charge in [0.15, 0.2) is 5.76 Å². The molecular formula is C16H10Cl4N2O5. The van der Waals surface area contributed by atoms with Gasteiger partial charge in [0.05, 0.1) is 16.3 Å². The molecule has 2 aromatic rings. The van der Waals surface area contributed by atoms with Crippen molar-refractivity contribution in [2.24, 2.45) is 5.10 Å². The second-order valence-corrected chi connectivity index (χ2v) is 6.42. The van der Waals surface area contributed by atoms with Gasteiger partial charge >= 0.3 is 11.9 Å². The average Bonchev–Trinajstić information content (AvgIpc) is 3.09. The van der Waals surface area contributed by atoms with Gasteiger partial charge in [-0.1, -0.05) is 46.4 Å².